The molecule has 0 spiro atoms. The van der Waals surface area contributed by atoms with E-state index < -0.39 is 6.10 Å². The predicted octanol–water partition coefficient (Wildman–Crippen LogP) is 0.0106. The third kappa shape index (κ3) is 1.72. The van der Waals surface area contributed by atoms with Crippen molar-refractivity contribution >= 4 is 0 Å². The molecule has 0 bridgehead atoms. The monoisotopic (exact) mass is 160 g/mol. The van der Waals surface area contributed by atoms with E-state index in [0.717, 1.165) is 0 Å². The molecule has 0 aromatic carbocycles. The van der Waals surface area contributed by atoms with Crippen molar-refractivity contribution in [3.8, 4) is 0 Å². The van der Waals surface area contributed by atoms with Crippen LogP contribution in [-0.4, -0.2) is 35.6 Å². The van der Waals surface area contributed by atoms with E-state index in [0.29, 0.717) is 12.5 Å². The largest absolute Gasteiger partial charge is 0.394 e. The zero-order chi connectivity index (χ0) is 8.43. The number of hydrogen-bond donors (Lipinski definition) is 2. The van der Waals surface area contributed by atoms with Crippen LogP contribution < -0.4 is 0 Å². The summed E-state index contributed by atoms with van der Waals surface area (Å²) in [5.74, 6) is 0.605. The van der Waals surface area contributed by atoms with Gasteiger partial charge in [0.2, 0.25) is 0 Å². The lowest BCUT2D eigenvalue weighted by Gasteiger charge is -2.36. The summed E-state index contributed by atoms with van der Waals surface area (Å²) >= 11 is 0. The second-order valence-electron chi connectivity index (χ2n) is 3.38. The minimum Gasteiger partial charge on any atom is -0.394 e. The van der Waals surface area contributed by atoms with Gasteiger partial charge in [-0.15, -0.1) is 0 Å². The highest BCUT2D eigenvalue weighted by atomic mass is 16.5. The molecule has 1 saturated heterocycles. The molecule has 3 nitrogen and oxygen atoms in total. The van der Waals surface area contributed by atoms with Gasteiger partial charge in [-0.05, 0) is 11.8 Å². The summed E-state index contributed by atoms with van der Waals surface area (Å²) in [6.45, 7) is 4.59. The molecule has 0 amide bonds. The second kappa shape index (κ2) is 3.52. The fourth-order valence-corrected chi connectivity index (χ4v) is 1.36. The fraction of sp³-hybridized carbons (Fsp3) is 1.00. The van der Waals surface area contributed by atoms with Gasteiger partial charge in [0.25, 0.3) is 0 Å². The van der Waals surface area contributed by atoms with E-state index in [9.17, 15) is 5.11 Å². The fourth-order valence-electron chi connectivity index (χ4n) is 1.36. The third-order valence-corrected chi connectivity index (χ3v) is 2.57. The second-order valence-corrected chi connectivity index (χ2v) is 3.38. The van der Waals surface area contributed by atoms with Crippen molar-refractivity contribution in [1.82, 2.24) is 0 Å². The number of rotatable bonds is 1. The van der Waals surface area contributed by atoms with Gasteiger partial charge in [0, 0.05) is 0 Å². The number of hydrogen-bond acceptors (Lipinski definition) is 3. The standard InChI is InChI=1S/C8H16O3/c1-5-4-11-7(3-9)8(10)6(5)2/h5-10H,3-4H2,1-2H3/t5?,6?,7?,8-/m1/s1. The molecule has 1 aliphatic heterocycles. The molecule has 0 aliphatic carbocycles. The van der Waals surface area contributed by atoms with Gasteiger partial charge >= 0.3 is 0 Å². The molecule has 1 fully saturated rings. The minimum atomic E-state index is -0.510. The summed E-state index contributed by atoms with van der Waals surface area (Å²) in [5, 5.41) is 18.3. The first kappa shape index (κ1) is 8.97. The maximum absolute atomic E-state index is 9.52. The van der Waals surface area contributed by atoms with E-state index in [-0.39, 0.29) is 18.6 Å². The highest BCUT2D eigenvalue weighted by Crippen LogP contribution is 2.24. The molecule has 4 atom stereocenters. The Morgan fingerprint density at radius 3 is 2.64 bits per heavy atom. The van der Waals surface area contributed by atoms with E-state index in [1.165, 1.54) is 0 Å². The summed E-state index contributed by atoms with van der Waals surface area (Å²) in [6, 6.07) is 0. The van der Waals surface area contributed by atoms with Crippen molar-refractivity contribution in [3.05, 3.63) is 0 Å². The number of aliphatic hydroxyl groups excluding tert-OH is 2. The smallest absolute Gasteiger partial charge is 0.107 e. The Hall–Kier alpha value is -0.120. The summed E-state index contributed by atoms with van der Waals surface area (Å²) in [4.78, 5) is 0. The molecule has 11 heavy (non-hydrogen) atoms. The minimum absolute atomic E-state index is 0.0851. The van der Waals surface area contributed by atoms with Gasteiger partial charge in [-0.2, -0.15) is 0 Å². The van der Waals surface area contributed by atoms with E-state index in [2.05, 4.69) is 0 Å². The molecule has 0 aromatic heterocycles. The lowest BCUT2D eigenvalue weighted by atomic mass is 9.86. The van der Waals surface area contributed by atoms with Crippen molar-refractivity contribution < 1.29 is 14.9 Å². The molecule has 66 valence electrons. The zero-order valence-corrected chi connectivity index (χ0v) is 7.03. The summed E-state index contributed by atoms with van der Waals surface area (Å²) < 4.78 is 5.22. The third-order valence-electron chi connectivity index (χ3n) is 2.57. The van der Waals surface area contributed by atoms with Gasteiger partial charge < -0.3 is 14.9 Å². The Morgan fingerprint density at radius 1 is 1.45 bits per heavy atom. The van der Waals surface area contributed by atoms with Crippen LogP contribution in [0.5, 0.6) is 0 Å². The molecular formula is C8H16O3. The van der Waals surface area contributed by atoms with E-state index in [4.69, 9.17) is 9.84 Å². The Kier molecular flexibility index (Phi) is 2.87. The lowest BCUT2D eigenvalue weighted by molar-refractivity contribution is -0.140. The van der Waals surface area contributed by atoms with Crippen molar-refractivity contribution in [3.63, 3.8) is 0 Å². The van der Waals surface area contributed by atoms with Crippen LogP contribution in [0.2, 0.25) is 0 Å². The topological polar surface area (TPSA) is 49.7 Å². The average Bonchev–Trinajstić information content (AvgIpc) is 2.01. The summed E-state index contributed by atoms with van der Waals surface area (Å²) in [6.07, 6.45) is -0.884. The van der Waals surface area contributed by atoms with Crippen LogP contribution in [0.1, 0.15) is 13.8 Å². The molecule has 0 radical (unpaired) electrons. The van der Waals surface area contributed by atoms with Crippen molar-refractivity contribution in [2.24, 2.45) is 11.8 Å². The molecule has 1 rings (SSSR count). The van der Waals surface area contributed by atoms with Crippen LogP contribution in [0.15, 0.2) is 0 Å². The first-order valence-corrected chi connectivity index (χ1v) is 4.07. The molecule has 0 aromatic rings. The van der Waals surface area contributed by atoms with Gasteiger partial charge in [0.1, 0.15) is 6.10 Å². The molecular weight excluding hydrogens is 144 g/mol. The van der Waals surface area contributed by atoms with Crippen LogP contribution in [0.3, 0.4) is 0 Å². The van der Waals surface area contributed by atoms with Crippen molar-refractivity contribution in [2.75, 3.05) is 13.2 Å². The van der Waals surface area contributed by atoms with Gasteiger partial charge in [0.15, 0.2) is 0 Å². The molecule has 3 heteroatoms. The van der Waals surface area contributed by atoms with E-state index in [1.54, 1.807) is 0 Å². The Balaban J connectivity index is 2.52. The highest BCUT2D eigenvalue weighted by Gasteiger charge is 2.33. The highest BCUT2D eigenvalue weighted by molar-refractivity contribution is 4.81. The van der Waals surface area contributed by atoms with Gasteiger partial charge in [-0.1, -0.05) is 13.8 Å². The van der Waals surface area contributed by atoms with Gasteiger partial charge in [-0.25, -0.2) is 0 Å². The van der Waals surface area contributed by atoms with E-state index in [1.807, 2.05) is 13.8 Å². The number of aliphatic hydroxyl groups is 2. The first-order valence-electron chi connectivity index (χ1n) is 4.07. The van der Waals surface area contributed by atoms with Crippen LogP contribution in [-0.2, 0) is 4.74 Å². The van der Waals surface area contributed by atoms with Crippen LogP contribution >= 0.6 is 0 Å². The maximum Gasteiger partial charge on any atom is 0.107 e. The maximum atomic E-state index is 9.52. The van der Waals surface area contributed by atoms with E-state index >= 15 is 0 Å². The normalized spacial score (nSPS) is 45.8. The predicted molar refractivity (Wildman–Crippen MR) is 41.2 cm³/mol. The van der Waals surface area contributed by atoms with Crippen LogP contribution in [0, 0.1) is 11.8 Å². The molecule has 1 aliphatic rings. The van der Waals surface area contributed by atoms with Crippen molar-refractivity contribution in [1.29, 1.82) is 0 Å². The average molecular weight is 160 g/mol. The zero-order valence-electron chi connectivity index (χ0n) is 7.03. The summed E-state index contributed by atoms with van der Waals surface area (Å²) in [7, 11) is 0. The van der Waals surface area contributed by atoms with Crippen molar-refractivity contribution in [2.45, 2.75) is 26.1 Å². The molecule has 3 unspecified atom stereocenters. The number of ether oxygens (including phenoxy) is 1. The van der Waals surface area contributed by atoms with Crippen LogP contribution in [0.25, 0.3) is 0 Å². The Morgan fingerprint density at radius 2 is 2.09 bits per heavy atom. The quantitative estimate of drug-likeness (QED) is 0.568. The molecule has 2 N–H and O–H groups in total. The van der Waals surface area contributed by atoms with Gasteiger partial charge in [-0.3, -0.25) is 0 Å². The van der Waals surface area contributed by atoms with Crippen LogP contribution in [0.4, 0.5) is 0 Å². The lowest BCUT2D eigenvalue weighted by Crippen LogP contribution is -2.45. The van der Waals surface area contributed by atoms with Gasteiger partial charge in [0.05, 0.1) is 19.3 Å². The SMILES string of the molecule is CC1COC(CO)[C@H](O)C1C. The Labute approximate surface area is 67.0 Å². The first-order chi connectivity index (χ1) is 5.16. The molecule has 0 saturated carbocycles. The Bertz CT molecular complexity index is 125. The molecule has 1 heterocycles. The summed E-state index contributed by atoms with van der Waals surface area (Å²) in [5.41, 5.74) is 0.